The SMILES string of the molecule is NC(=O)Cc1ccc(NC2CCOC2)cc1. The third-order valence-corrected chi connectivity index (χ3v) is 2.63. The number of hydrogen-bond acceptors (Lipinski definition) is 3. The van der Waals surface area contributed by atoms with E-state index in [-0.39, 0.29) is 5.91 Å². The first-order valence-electron chi connectivity index (χ1n) is 5.45. The van der Waals surface area contributed by atoms with Crippen LogP contribution in [0.1, 0.15) is 12.0 Å². The third kappa shape index (κ3) is 2.97. The summed E-state index contributed by atoms with van der Waals surface area (Å²) in [4.78, 5) is 10.7. The Morgan fingerprint density at radius 1 is 1.44 bits per heavy atom. The van der Waals surface area contributed by atoms with E-state index >= 15 is 0 Å². The molecule has 1 aliphatic rings. The standard InChI is InChI=1S/C12H16N2O2/c13-12(15)7-9-1-3-10(4-2-9)14-11-5-6-16-8-11/h1-4,11,14H,5-8H2,(H2,13,15). The Morgan fingerprint density at radius 2 is 2.19 bits per heavy atom. The van der Waals surface area contributed by atoms with E-state index in [1.807, 2.05) is 24.3 Å². The van der Waals surface area contributed by atoms with Crippen LogP contribution >= 0.6 is 0 Å². The van der Waals surface area contributed by atoms with Gasteiger partial charge in [-0.15, -0.1) is 0 Å². The van der Waals surface area contributed by atoms with Gasteiger partial charge >= 0.3 is 0 Å². The molecule has 16 heavy (non-hydrogen) atoms. The average Bonchev–Trinajstić information content (AvgIpc) is 2.73. The molecule has 86 valence electrons. The number of nitrogens with two attached hydrogens (primary N) is 1. The summed E-state index contributed by atoms with van der Waals surface area (Å²) < 4.78 is 5.28. The molecule has 0 aliphatic carbocycles. The number of benzene rings is 1. The molecular weight excluding hydrogens is 204 g/mol. The summed E-state index contributed by atoms with van der Waals surface area (Å²) >= 11 is 0. The van der Waals surface area contributed by atoms with E-state index in [9.17, 15) is 4.79 Å². The highest BCUT2D eigenvalue weighted by molar-refractivity contribution is 5.76. The summed E-state index contributed by atoms with van der Waals surface area (Å²) in [5.41, 5.74) is 7.13. The Kier molecular flexibility index (Phi) is 3.41. The minimum atomic E-state index is -0.301. The van der Waals surface area contributed by atoms with E-state index in [1.165, 1.54) is 0 Å². The number of primary amides is 1. The first kappa shape index (κ1) is 11.0. The van der Waals surface area contributed by atoms with Crippen LogP contribution in [0.3, 0.4) is 0 Å². The summed E-state index contributed by atoms with van der Waals surface area (Å²) in [5, 5.41) is 3.38. The second-order valence-corrected chi connectivity index (χ2v) is 4.04. The molecule has 1 atom stereocenters. The Balaban J connectivity index is 1.93. The molecule has 0 bridgehead atoms. The van der Waals surface area contributed by atoms with Gasteiger partial charge in [-0.2, -0.15) is 0 Å². The van der Waals surface area contributed by atoms with Gasteiger partial charge < -0.3 is 15.8 Å². The number of anilines is 1. The highest BCUT2D eigenvalue weighted by Gasteiger charge is 2.14. The van der Waals surface area contributed by atoms with Gasteiger partial charge in [0.15, 0.2) is 0 Å². The van der Waals surface area contributed by atoms with Gasteiger partial charge in [0.2, 0.25) is 5.91 Å². The van der Waals surface area contributed by atoms with Crippen molar-refractivity contribution >= 4 is 11.6 Å². The van der Waals surface area contributed by atoms with E-state index in [2.05, 4.69) is 5.32 Å². The van der Waals surface area contributed by atoms with Crippen LogP contribution < -0.4 is 11.1 Å². The summed E-state index contributed by atoms with van der Waals surface area (Å²) in [5.74, 6) is -0.301. The second kappa shape index (κ2) is 4.99. The van der Waals surface area contributed by atoms with Crippen LogP contribution in [0.15, 0.2) is 24.3 Å². The lowest BCUT2D eigenvalue weighted by Gasteiger charge is -2.12. The van der Waals surface area contributed by atoms with Gasteiger partial charge in [0.05, 0.1) is 19.1 Å². The quantitative estimate of drug-likeness (QED) is 0.793. The van der Waals surface area contributed by atoms with E-state index in [4.69, 9.17) is 10.5 Å². The Bertz CT molecular complexity index is 356. The predicted octanol–water partition coefficient (Wildman–Crippen LogP) is 0.915. The van der Waals surface area contributed by atoms with E-state index in [1.54, 1.807) is 0 Å². The Morgan fingerprint density at radius 3 is 2.75 bits per heavy atom. The van der Waals surface area contributed by atoms with Crippen molar-refractivity contribution in [1.82, 2.24) is 0 Å². The molecule has 1 unspecified atom stereocenters. The molecule has 2 rings (SSSR count). The lowest BCUT2D eigenvalue weighted by molar-refractivity contribution is -0.117. The number of ether oxygens (including phenoxy) is 1. The van der Waals surface area contributed by atoms with Gasteiger partial charge in [-0.25, -0.2) is 0 Å². The fraction of sp³-hybridized carbons (Fsp3) is 0.417. The number of nitrogens with one attached hydrogen (secondary N) is 1. The molecule has 1 aliphatic heterocycles. The largest absolute Gasteiger partial charge is 0.380 e. The van der Waals surface area contributed by atoms with Crippen LogP contribution in [0, 0.1) is 0 Å². The van der Waals surface area contributed by atoms with Gasteiger partial charge in [0, 0.05) is 12.3 Å². The highest BCUT2D eigenvalue weighted by atomic mass is 16.5. The van der Waals surface area contributed by atoms with Crippen LogP contribution in [-0.2, 0) is 16.0 Å². The summed E-state index contributed by atoms with van der Waals surface area (Å²) in [6.45, 7) is 1.60. The fourth-order valence-corrected chi connectivity index (χ4v) is 1.80. The molecule has 4 nitrogen and oxygen atoms in total. The molecule has 1 amide bonds. The lowest BCUT2D eigenvalue weighted by atomic mass is 10.1. The minimum absolute atomic E-state index is 0.298. The maximum atomic E-state index is 10.7. The van der Waals surface area contributed by atoms with Crippen LogP contribution in [0.25, 0.3) is 0 Å². The van der Waals surface area contributed by atoms with Crippen LogP contribution in [0.2, 0.25) is 0 Å². The topological polar surface area (TPSA) is 64.4 Å². The number of hydrogen-bond donors (Lipinski definition) is 2. The monoisotopic (exact) mass is 220 g/mol. The molecule has 1 aromatic rings. The van der Waals surface area contributed by atoms with Crippen molar-refractivity contribution in [2.45, 2.75) is 18.9 Å². The zero-order valence-electron chi connectivity index (χ0n) is 9.11. The van der Waals surface area contributed by atoms with Crippen molar-refractivity contribution in [2.75, 3.05) is 18.5 Å². The van der Waals surface area contributed by atoms with Crippen molar-refractivity contribution in [1.29, 1.82) is 0 Å². The third-order valence-electron chi connectivity index (χ3n) is 2.63. The number of carbonyl (C=O) groups excluding carboxylic acids is 1. The highest BCUT2D eigenvalue weighted by Crippen LogP contribution is 2.14. The van der Waals surface area contributed by atoms with Crippen molar-refractivity contribution in [3.8, 4) is 0 Å². The molecule has 0 radical (unpaired) electrons. The van der Waals surface area contributed by atoms with E-state index < -0.39 is 0 Å². The summed E-state index contributed by atoms with van der Waals surface area (Å²) in [6, 6.07) is 8.18. The van der Waals surface area contributed by atoms with E-state index in [0.717, 1.165) is 30.9 Å². The maximum absolute atomic E-state index is 10.7. The lowest BCUT2D eigenvalue weighted by Crippen LogP contribution is -2.18. The molecule has 1 fully saturated rings. The molecule has 3 N–H and O–H groups in total. The van der Waals surface area contributed by atoms with Gasteiger partial charge in [-0.05, 0) is 24.1 Å². The summed E-state index contributed by atoms with van der Waals surface area (Å²) in [7, 11) is 0. The van der Waals surface area contributed by atoms with Crippen molar-refractivity contribution in [2.24, 2.45) is 5.73 Å². The van der Waals surface area contributed by atoms with Crippen LogP contribution in [0.4, 0.5) is 5.69 Å². The molecule has 0 spiro atoms. The van der Waals surface area contributed by atoms with Crippen LogP contribution in [0.5, 0.6) is 0 Å². The number of carbonyl (C=O) groups is 1. The van der Waals surface area contributed by atoms with Crippen molar-refractivity contribution < 1.29 is 9.53 Å². The smallest absolute Gasteiger partial charge is 0.221 e. The Hall–Kier alpha value is -1.55. The van der Waals surface area contributed by atoms with Gasteiger partial charge in [-0.3, -0.25) is 4.79 Å². The number of amides is 1. The van der Waals surface area contributed by atoms with Gasteiger partial charge in [0.25, 0.3) is 0 Å². The summed E-state index contributed by atoms with van der Waals surface area (Å²) in [6.07, 6.45) is 1.34. The first-order chi connectivity index (χ1) is 7.74. The second-order valence-electron chi connectivity index (χ2n) is 4.04. The van der Waals surface area contributed by atoms with Gasteiger partial charge in [0.1, 0.15) is 0 Å². The van der Waals surface area contributed by atoms with Crippen molar-refractivity contribution in [3.63, 3.8) is 0 Å². The first-order valence-corrected chi connectivity index (χ1v) is 5.45. The average molecular weight is 220 g/mol. The molecule has 0 aromatic heterocycles. The molecule has 1 aromatic carbocycles. The number of rotatable bonds is 4. The maximum Gasteiger partial charge on any atom is 0.221 e. The zero-order valence-corrected chi connectivity index (χ0v) is 9.11. The molecule has 1 heterocycles. The molecule has 1 saturated heterocycles. The van der Waals surface area contributed by atoms with Gasteiger partial charge in [-0.1, -0.05) is 12.1 Å². The zero-order chi connectivity index (χ0) is 11.4. The molecule has 4 heteroatoms. The van der Waals surface area contributed by atoms with E-state index in [0.29, 0.717) is 12.5 Å². The van der Waals surface area contributed by atoms with Crippen molar-refractivity contribution in [3.05, 3.63) is 29.8 Å². The Labute approximate surface area is 94.8 Å². The van der Waals surface area contributed by atoms with Crippen LogP contribution in [-0.4, -0.2) is 25.2 Å². The molecular formula is C12H16N2O2. The normalized spacial score (nSPS) is 19.6. The predicted molar refractivity (Wildman–Crippen MR) is 62.2 cm³/mol. The molecule has 0 saturated carbocycles. The fourth-order valence-electron chi connectivity index (χ4n) is 1.80. The minimum Gasteiger partial charge on any atom is -0.380 e.